The number of halogens is 5. The summed E-state index contributed by atoms with van der Waals surface area (Å²) in [4.78, 5) is 0. The molecule has 1 unspecified atom stereocenters. The standard InChI is InChI=1S/C10H8F5N/c1-3-4(2)16-10-8(14)6(12)5(11)7(13)9(10)15/h3-4,16H,1H2,2H3. The van der Waals surface area contributed by atoms with Crippen LogP contribution in [0.2, 0.25) is 0 Å². The number of rotatable bonds is 3. The summed E-state index contributed by atoms with van der Waals surface area (Å²) in [5.41, 5.74) is -1.05. The molecule has 6 heteroatoms. The van der Waals surface area contributed by atoms with E-state index < -0.39 is 40.8 Å². The fourth-order valence-corrected chi connectivity index (χ4v) is 1.02. The van der Waals surface area contributed by atoms with Gasteiger partial charge < -0.3 is 5.32 Å². The molecule has 0 aliphatic heterocycles. The van der Waals surface area contributed by atoms with Crippen molar-refractivity contribution >= 4 is 5.69 Å². The molecule has 0 heterocycles. The van der Waals surface area contributed by atoms with Crippen LogP contribution in [-0.2, 0) is 0 Å². The predicted octanol–water partition coefficient (Wildman–Crippen LogP) is 3.37. The van der Waals surface area contributed by atoms with Gasteiger partial charge in [-0.05, 0) is 6.92 Å². The average molecular weight is 237 g/mol. The third-order valence-corrected chi connectivity index (χ3v) is 1.94. The van der Waals surface area contributed by atoms with E-state index in [0.717, 1.165) is 0 Å². The van der Waals surface area contributed by atoms with E-state index in [4.69, 9.17) is 0 Å². The molecule has 1 nitrogen and oxygen atoms in total. The molecule has 1 rings (SSSR count). The summed E-state index contributed by atoms with van der Waals surface area (Å²) in [5, 5.41) is 2.12. The minimum atomic E-state index is -2.17. The zero-order chi connectivity index (χ0) is 12.5. The lowest BCUT2D eigenvalue weighted by Crippen LogP contribution is -2.16. The Morgan fingerprint density at radius 2 is 1.31 bits per heavy atom. The molecule has 0 amide bonds. The number of nitrogens with one attached hydrogen (secondary N) is 1. The Morgan fingerprint density at radius 3 is 1.69 bits per heavy atom. The maximum absolute atomic E-state index is 13.1. The van der Waals surface area contributed by atoms with Crippen molar-refractivity contribution in [3.63, 3.8) is 0 Å². The third kappa shape index (κ3) is 2.00. The molecule has 0 fully saturated rings. The molecule has 0 bridgehead atoms. The first-order valence-corrected chi connectivity index (χ1v) is 4.30. The maximum Gasteiger partial charge on any atom is 0.200 e. The summed E-state index contributed by atoms with van der Waals surface area (Å²) >= 11 is 0. The Bertz CT molecular complexity index is 401. The van der Waals surface area contributed by atoms with Crippen molar-refractivity contribution in [1.29, 1.82) is 0 Å². The molecule has 1 atom stereocenters. The zero-order valence-corrected chi connectivity index (χ0v) is 8.25. The average Bonchev–Trinajstić information content (AvgIpc) is 2.29. The fraction of sp³-hybridized carbons (Fsp3) is 0.200. The Labute approximate surface area is 88.6 Å². The maximum atomic E-state index is 13.1. The smallest absolute Gasteiger partial charge is 0.200 e. The first-order valence-electron chi connectivity index (χ1n) is 4.30. The minimum Gasteiger partial charge on any atom is -0.374 e. The monoisotopic (exact) mass is 237 g/mol. The largest absolute Gasteiger partial charge is 0.374 e. The highest BCUT2D eigenvalue weighted by Gasteiger charge is 2.25. The van der Waals surface area contributed by atoms with Gasteiger partial charge in [-0.3, -0.25) is 0 Å². The van der Waals surface area contributed by atoms with Gasteiger partial charge in [0, 0.05) is 6.04 Å². The molecule has 0 saturated carbocycles. The lowest BCUT2D eigenvalue weighted by molar-refractivity contribution is 0.381. The van der Waals surface area contributed by atoms with Crippen LogP contribution < -0.4 is 5.32 Å². The molecule has 16 heavy (non-hydrogen) atoms. The van der Waals surface area contributed by atoms with Crippen molar-refractivity contribution in [1.82, 2.24) is 0 Å². The van der Waals surface area contributed by atoms with Gasteiger partial charge >= 0.3 is 0 Å². The molecule has 1 aromatic carbocycles. The van der Waals surface area contributed by atoms with Gasteiger partial charge in [0.2, 0.25) is 5.82 Å². The van der Waals surface area contributed by atoms with E-state index in [-0.39, 0.29) is 0 Å². The van der Waals surface area contributed by atoms with E-state index in [1.807, 2.05) is 0 Å². The van der Waals surface area contributed by atoms with Crippen LogP contribution in [0.25, 0.3) is 0 Å². The first-order chi connectivity index (χ1) is 7.40. The van der Waals surface area contributed by atoms with E-state index in [2.05, 4.69) is 11.9 Å². The molecular weight excluding hydrogens is 229 g/mol. The lowest BCUT2D eigenvalue weighted by Gasteiger charge is -2.13. The quantitative estimate of drug-likeness (QED) is 0.368. The summed E-state index contributed by atoms with van der Waals surface area (Å²) < 4.78 is 64.3. The Balaban J connectivity index is 3.33. The van der Waals surface area contributed by atoms with Gasteiger partial charge in [0.05, 0.1) is 0 Å². The molecule has 0 aliphatic rings. The van der Waals surface area contributed by atoms with Gasteiger partial charge in [-0.2, -0.15) is 0 Å². The summed E-state index contributed by atoms with van der Waals surface area (Å²) in [6.45, 7) is 4.76. The molecule has 0 spiro atoms. The summed E-state index contributed by atoms with van der Waals surface area (Å²) in [6.07, 6.45) is 1.26. The van der Waals surface area contributed by atoms with Crippen LogP contribution in [0.1, 0.15) is 6.92 Å². The van der Waals surface area contributed by atoms with Gasteiger partial charge in [0.1, 0.15) is 5.69 Å². The Hall–Kier alpha value is -1.59. The van der Waals surface area contributed by atoms with E-state index in [0.29, 0.717) is 0 Å². The zero-order valence-electron chi connectivity index (χ0n) is 8.25. The van der Waals surface area contributed by atoms with Crippen molar-refractivity contribution in [2.75, 3.05) is 5.32 Å². The van der Waals surface area contributed by atoms with Gasteiger partial charge in [-0.25, -0.2) is 22.0 Å². The normalized spacial score (nSPS) is 12.4. The number of hydrogen-bond donors (Lipinski definition) is 1. The second-order valence-electron chi connectivity index (χ2n) is 3.11. The van der Waals surface area contributed by atoms with Crippen LogP contribution in [0.5, 0.6) is 0 Å². The van der Waals surface area contributed by atoms with Gasteiger partial charge in [0.15, 0.2) is 23.3 Å². The van der Waals surface area contributed by atoms with Crippen molar-refractivity contribution in [2.45, 2.75) is 13.0 Å². The SMILES string of the molecule is C=CC(C)Nc1c(F)c(F)c(F)c(F)c1F. The fourth-order valence-electron chi connectivity index (χ4n) is 1.02. The molecule has 88 valence electrons. The van der Waals surface area contributed by atoms with Crippen molar-refractivity contribution in [3.8, 4) is 0 Å². The predicted molar refractivity (Wildman–Crippen MR) is 49.5 cm³/mol. The summed E-state index contributed by atoms with van der Waals surface area (Å²) in [6, 6.07) is -0.631. The molecule has 1 aromatic rings. The van der Waals surface area contributed by atoms with E-state index >= 15 is 0 Å². The second kappa shape index (κ2) is 4.51. The van der Waals surface area contributed by atoms with E-state index in [1.54, 1.807) is 0 Å². The van der Waals surface area contributed by atoms with Crippen LogP contribution in [-0.4, -0.2) is 6.04 Å². The van der Waals surface area contributed by atoms with Gasteiger partial charge in [-0.15, -0.1) is 6.58 Å². The Morgan fingerprint density at radius 1 is 0.938 bits per heavy atom. The van der Waals surface area contributed by atoms with Crippen molar-refractivity contribution in [2.24, 2.45) is 0 Å². The molecular formula is C10H8F5N. The van der Waals surface area contributed by atoms with Crippen LogP contribution in [0.4, 0.5) is 27.6 Å². The molecule has 0 aromatic heterocycles. The second-order valence-corrected chi connectivity index (χ2v) is 3.11. The van der Waals surface area contributed by atoms with Crippen molar-refractivity contribution in [3.05, 3.63) is 41.7 Å². The molecule has 0 aliphatic carbocycles. The minimum absolute atomic E-state index is 0.631. The van der Waals surface area contributed by atoms with Gasteiger partial charge in [-0.1, -0.05) is 6.08 Å². The van der Waals surface area contributed by atoms with Crippen molar-refractivity contribution < 1.29 is 22.0 Å². The summed E-state index contributed by atoms with van der Waals surface area (Å²) in [5.74, 6) is -9.89. The number of benzene rings is 1. The highest BCUT2D eigenvalue weighted by molar-refractivity contribution is 5.49. The third-order valence-electron chi connectivity index (χ3n) is 1.94. The number of anilines is 1. The molecule has 0 radical (unpaired) electrons. The highest BCUT2D eigenvalue weighted by Crippen LogP contribution is 2.27. The summed E-state index contributed by atoms with van der Waals surface area (Å²) in [7, 11) is 0. The van der Waals surface area contributed by atoms with E-state index in [9.17, 15) is 22.0 Å². The molecule has 1 N–H and O–H groups in total. The van der Waals surface area contributed by atoms with Crippen LogP contribution in [0, 0.1) is 29.1 Å². The van der Waals surface area contributed by atoms with Crippen LogP contribution in [0.3, 0.4) is 0 Å². The first kappa shape index (κ1) is 12.5. The van der Waals surface area contributed by atoms with E-state index in [1.165, 1.54) is 13.0 Å². The van der Waals surface area contributed by atoms with Gasteiger partial charge in [0.25, 0.3) is 0 Å². The van der Waals surface area contributed by atoms with Crippen LogP contribution in [0.15, 0.2) is 12.7 Å². The number of hydrogen-bond acceptors (Lipinski definition) is 1. The van der Waals surface area contributed by atoms with Crippen LogP contribution >= 0.6 is 0 Å². The highest BCUT2D eigenvalue weighted by atomic mass is 19.2. The lowest BCUT2D eigenvalue weighted by atomic mass is 10.2. The Kier molecular flexibility index (Phi) is 3.51. The molecule has 0 saturated heterocycles. The topological polar surface area (TPSA) is 12.0 Å².